The smallest absolute Gasteiger partial charge is 0.0101 e. The third-order valence-corrected chi connectivity index (χ3v) is 3.48. The molecule has 0 aliphatic heterocycles. The van der Waals surface area contributed by atoms with Crippen LogP contribution in [0.25, 0.3) is 5.57 Å². The number of hydrogen-bond donors (Lipinski definition) is 0. The Morgan fingerprint density at radius 3 is 2.29 bits per heavy atom. The lowest BCUT2D eigenvalue weighted by Crippen LogP contribution is -1.87. The van der Waals surface area contributed by atoms with Crippen molar-refractivity contribution < 1.29 is 0 Å². The van der Waals surface area contributed by atoms with E-state index in [9.17, 15) is 0 Å². The van der Waals surface area contributed by atoms with Crippen LogP contribution in [0.1, 0.15) is 51.2 Å². The number of benzene rings is 1. The Hall–Kier alpha value is -1.30. The molecular weight excluding hydrogens is 204 g/mol. The van der Waals surface area contributed by atoms with Crippen LogP contribution in [0.15, 0.2) is 41.5 Å². The summed E-state index contributed by atoms with van der Waals surface area (Å²) in [5, 5.41) is 0. The molecule has 0 nitrogen and oxygen atoms in total. The summed E-state index contributed by atoms with van der Waals surface area (Å²) in [6, 6.07) is 9.12. The first kappa shape index (κ1) is 12.2. The van der Waals surface area contributed by atoms with E-state index in [2.05, 4.69) is 51.1 Å². The molecule has 0 spiro atoms. The second kappa shape index (κ2) is 5.35. The minimum atomic E-state index is 1.15. The summed E-state index contributed by atoms with van der Waals surface area (Å²) < 4.78 is 0. The third-order valence-electron chi connectivity index (χ3n) is 3.48. The molecule has 0 atom stereocenters. The zero-order valence-electron chi connectivity index (χ0n) is 11.2. The van der Waals surface area contributed by atoms with E-state index in [1.54, 1.807) is 0 Å². The van der Waals surface area contributed by atoms with Gasteiger partial charge in [0, 0.05) is 0 Å². The van der Waals surface area contributed by atoms with Gasteiger partial charge in [0.05, 0.1) is 0 Å². The van der Waals surface area contributed by atoms with Gasteiger partial charge in [0.15, 0.2) is 0 Å². The van der Waals surface area contributed by atoms with E-state index in [-0.39, 0.29) is 0 Å². The van der Waals surface area contributed by atoms with Gasteiger partial charge >= 0.3 is 0 Å². The second-order valence-corrected chi connectivity index (χ2v) is 5.16. The van der Waals surface area contributed by atoms with Gasteiger partial charge < -0.3 is 0 Å². The van der Waals surface area contributed by atoms with E-state index in [0.717, 1.165) is 6.42 Å². The molecule has 90 valence electrons. The molecule has 17 heavy (non-hydrogen) atoms. The maximum absolute atomic E-state index is 2.33. The summed E-state index contributed by atoms with van der Waals surface area (Å²) in [5.74, 6) is 0. The quantitative estimate of drug-likeness (QED) is 0.665. The average molecular weight is 226 g/mol. The highest BCUT2D eigenvalue weighted by atomic mass is 14.2. The summed E-state index contributed by atoms with van der Waals surface area (Å²) in [4.78, 5) is 0. The van der Waals surface area contributed by atoms with Crippen molar-refractivity contribution >= 4 is 5.57 Å². The Morgan fingerprint density at radius 1 is 1.06 bits per heavy atom. The minimum absolute atomic E-state index is 1.15. The maximum atomic E-state index is 2.33. The lowest BCUT2D eigenvalue weighted by Gasteiger charge is -2.05. The van der Waals surface area contributed by atoms with E-state index in [4.69, 9.17) is 0 Å². The lowest BCUT2D eigenvalue weighted by molar-refractivity contribution is 0.795. The number of aryl methyl sites for hydroxylation is 1. The van der Waals surface area contributed by atoms with Crippen molar-refractivity contribution in [3.63, 3.8) is 0 Å². The van der Waals surface area contributed by atoms with Crippen LogP contribution >= 0.6 is 0 Å². The third kappa shape index (κ3) is 2.88. The van der Waals surface area contributed by atoms with Crippen LogP contribution in [0.4, 0.5) is 0 Å². The van der Waals surface area contributed by atoms with Gasteiger partial charge in [-0.3, -0.25) is 0 Å². The molecule has 1 aromatic rings. The molecule has 0 bridgehead atoms. The van der Waals surface area contributed by atoms with Crippen LogP contribution in [-0.4, -0.2) is 0 Å². The number of unbranched alkanes of at least 4 members (excludes halogenated alkanes) is 1. The molecule has 0 heteroatoms. The first-order valence-electron chi connectivity index (χ1n) is 6.67. The van der Waals surface area contributed by atoms with Gasteiger partial charge in [-0.25, -0.2) is 0 Å². The zero-order chi connectivity index (χ0) is 12.3. The number of rotatable bonds is 4. The summed E-state index contributed by atoms with van der Waals surface area (Å²) in [7, 11) is 0. The molecule has 0 radical (unpaired) electrons. The van der Waals surface area contributed by atoms with Crippen molar-refractivity contribution in [1.29, 1.82) is 0 Å². The van der Waals surface area contributed by atoms with Crippen molar-refractivity contribution in [2.24, 2.45) is 0 Å². The van der Waals surface area contributed by atoms with Gasteiger partial charge in [0.1, 0.15) is 0 Å². The second-order valence-electron chi connectivity index (χ2n) is 5.16. The normalized spacial score (nSPS) is 15.4. The summed E-state index contributed by atoms with van der Waals surface area (Å²) in [6.45, 7) is 6.70. The van der Waals surface area contributed by atoms with Crippen molar-refractivity contribution in [3.8, 4) is 0 Å². The van der Waals surface area contributed by atoms with Gasteiger partial charge in [-0.1, -0.05) is 54.8 Å². The molecule has 0 amide bonds. The van der Waals surface area contributed by atoms with E-state index in [1.807, 2.05) is 0 Å². The van der Waals surface area contributed by atoms with Crippen LogP contribution < -0.4 is 0 Å². The topological polar surface area (TPSA) is 0 Å². The van der Waals surface area contributed by atoms with E-state index in [0.29, 0.717) is 0 Å². The van der Waals surface area contributed by atoms with Gasteiger partial charge in [0.25, 0.3) is 0 Å². The highest BCUT2D eigenvalue weighted by Crippen LogP contribution is 2.31. The molecule has 0 fully saturated rings. The summed E-state index contributed by atoms with van der Waals surface area (Å²) >= 11 is 0. The number of allylic oxidation sites excluding steroid dienone is 4. The summed E-state index contributed by atoms with van der Waals surface area (Å²) in [5.41, 5.74) is 7.26. The van der Waals surface area contributed by atoms with Gasteiger partial charge in [-0.2, -0.15) is 0 Å². The number of hydrogen-bond acceptors (Lipinski definition) is 0. The molecule has 0 saturated heterocycles. The molecular formula is C17H22. The predicted octanol–water partition coefficient (Wildman–Crippen LogP) is 5.15. The Kier molecular flexibility index (Phi) is 3.83. The largest absolute Gasteiger partial charge is 0.0686 e. The summed E-state index contributed by atoms with van der Waals surface area (Å²) in [6.07, 6.45) is 7.25. The highest BCUT2D eigenvalue weighted by Gasteiger charge is 2.10. The molecule has 0 heterocycles. The fourth-order valence-corrected chi connectivity index (χ4v) is 2.50. The van der Waals surface area contributed by atoms with E-state index in [1.165, 1.54) is 47.1 Å². The molecule has 0 unspecified atom stereocenters. The average Bonchev–Trinajstić information content (AvgIpc) is 2.66. The van der Waals surface area contributed by atoms with Crippen molar-refractivity contribution in [3.05, 3.63) is 52.6 Å². The fraction of sp³-hybridized carbons (Fsp3) is 0.412. The standard InChI is InChI=1S/C17H22/c1-4-5-6-15-7-9-16(10-8-15)17-12-13(2)11-14(17)3/h7-10,12H,4-6,11H2,1-3H3. The zero-order valence-corrected chi connectivity index (χ0v) is 11.2. The first-order valence-corrected chi connectivity index (χ1v) is 6.67. The Bertz CT molecular complexity index is 443. The SMILES string of the molecule is CCCCc1ccc(C2=C(C)CC(C)=C2)cc1. The maximum Gasteiger partial charge on any atom is -0.0101 e. The molecule has 0 saturated carbocycles. The Labute approximate surface area is 105 Å². The van der Waals surface area contributed by atoms with Crippen LogP contribution in [-0.2, 0) is 6.42 Å². The Morgan fingerprint density at radius 2 is 1.76 bits per heavy atom. The molecule has 1 aliphatic carbocycles. The highest BCUT2D eigenvalue weighted by molar-refractivity contribution is 5.80. The Balaban J connectivity index is 2.16. The van der Waals surface area contributed by atoms with Crippen molar-refractivity contribution in [1.82, 2.24) is 0 Å². The van der Waals surface area contributed by atoms with Crippen molar-refractivity contribution in [2.75, 3.05) is 0 Å². The molecule has 2 rings (SSSR count). The fourth-order valence-electron chi connectivity index (χ4n) is 2.50. The molecule has 0 aromatic heterocycles. The van der Waals surface area contributed by atoms with E-state index >= 15 is 0 Å². The van der Waals surface area contributed by atoms with E-state index < -0.39 is 0 Å². The van der Waals surface area contributed by atoms with Crippen LogP contribution in [0.3, 0.4) is 0 Å². The van der Waals surface area contributed by atoms with Crippen molar-refractivity contribution in [2.45, 2.75) is 46.5 Å². The van der Waals surface area contributed by atoms with Crippen LogP contribution in [0, 0.1) is 0 Å². The molecule has 1 aliphatic rings. The molecule has 1 aromatic carbocycles. The van der Waals surface area contributed by atoms with Gasteiger partial charge in [-0.15, -0.1) is 0 Å². The molecule has 0 N–H and O–H groups in total. The first-order chi connectivity index (χ1) is 8.20. The minimum Gasteiger partial charge on any atom is -0.0686 e. The van der Waals surface area contributed by atoms with Gasteiger partial charge in [0.2, 0.25) is 0 Å². The predicted molar refractivity (Wildman–Crippen MR) is 76.0 cm³/mol. The monoisotopic (exact) mass is 226 g/mol. The van der Waals surface area contributed by atoms with Gasteiger partial charge in [-0.05, 0) is 49.8 Å². The van der Waals surface area contributed by atoms with Crippen LogP contribution in [0.2, 0.25) is 0 Å². The lowest BCUT2D eigenvalue weighted by atomic mass is 10.0. The van der Waals surface area contributed by atoms with Crippen LogP contribution in [0.5, 0.6) is 0 Å².